The molecule has 0 saturated carbocycles. The van der Waals surface area contributed by atoms with Gasteiger partial charge in [0.2, 0.25) is 0 Å². The van der Waals surface area contributed by atoms with Gasteiger partial charge in [0, 0.05) is 4.90 Å². The van der Waals surface area contributed by atoms with E-state index < -0.39 is 5.91 Å². The van der Waals surface area contributed by atoms with Crippen LogP contribution in [0.4, 0.5) is 5.69 Å². The Kier molecular flexibility index (Phi) is 3.39. The Hall–Kier alpha value is -1.88. The lowest BCUT2D eigenvalue weighted by Gasteiger charge is -2.07. The number of para-hydroxylation sites is 1. The lowest BCUT2D eigenvalue weighted by atomic mass is 10.2. The fraction of sp³-hybridized carbons (Fsp3) is 0.0833. The molecule has 17 heavy (non-hydrogen) atoms. The van der Waals surface area contributed by atoms with Gasteiger partial charge in [-0.2, -0.15) is 0 Å². The predicted molar refractivity (Wildman–Crippen MR) is 67.6 cm³/mol. The van der Waals surface area contributed by atoms with Gasteiger partial charge in [-0.15, -0.1) is 11.8 Å². The average molecular weight is 248 g/mol. The van der Waals surface area contributed by atoms with E-state index in [4.69, 9.17) is 15.9 Å². The summed E-state index contributed by atoms with van der Waals surface area (Å²) >= 11 is 1.51. The largest absolute Gasteiger partial charge is 0.468 e. The minimum atomic E-state index is -0.511. The van der Waals surface area contributed by atoms with Gasteiger partial charge in [0.1, 0.15) is 5.76 Å². The molecule has 88 valence electrons. The van der Waals surface area contributed by atoms with E-state index in [0.29, 0.717) is 17.0 Å². The predicted octanol–water partition coefficient (Wildman–Crippen LogP) is 2.25. The molecule has 0 fully saturated rings. The van der Waals surface area contributed by atoms with Gasteiger partial charge in [-0.3, -0.25) is 4.79 Å². The van der Waals surface area contributed by atoms with Gasteiger partial charge in [-0.25, -0.2) is 0 Å². The van der Waals surface area contributed by atoms with Gasteiger partial charge in [0.15, 0.2) is 0 Å². The number of benzene rings is 1. The highest BCUT2D eigenvalue weighted by Gasteiger charge is 2.10. The molecule has 0 aliphatic rings. The van der Waals surface area contributed by atoms with Crippen LogP contribution >= 0.6 is 11.8 Å². The first-order valence-electron chi connectivity index (χ1n) is 5.02. The van der Waals surface area contributed by atoms with E-state index in [2.05, 4.69) is 0 Å². The number of carbonyl (C=O) groups is 1. The van der Waals surface area contributed by atoms with Crippen LogP contribution in [0.5, 0.6) is 0 Å². The summed E-state index contributed by atoms with van der Waals surface area (Å²) in [5.41, 5.74) is 11.9. The number of thioether (sulfide) groups is 1. The zero-order chi connectivity index (χ0) is 12.3. The van der Waals surface area contributed by atoms with E-state index in [9.17, 15) is 4.79 Å². The summed E-state index contributed by atoms with van der Waals surface area (Å²) in [5.74, 6) is 1.02. The van der Waals surface area contributed by atoms with Crippen LogP contribution in [-0.4, -0.2) is 5.91 Å². The fourth-order valence-electron chi connectivity index (χ4n) is 1.43. The van der Waals surface area contributed by atoms with Crippen LogP contribution in [0.1, 0.15) is 16.1 Å². The molecule has 1 aromatic heterocycles. The SMILES string of the molecule is NC(=O)c1cccc(SCc2ccco2)c1N. The van der Waals surface area contributed by atoms with Crippen molar-refractivity contribution in [2.45, 2.75) is 10.6 Å². The summed E-state index contributed by atoms with van der Waals surface area (Å²) < 4.78 is 5.22. The monoisotopic (exact) mass is 248 g/mol. The first-order chi connectivity index (χ1) is 8.18. The molecule has 1 heterocycles. The Morgan fingerprint density at radius 2 is 2.12 bits per heavy atom. The van der Waals surface area contributed by atoms with E-state index in [1.54, 1.807) is 18.4 Å². The molecule has 4 N–H and O–H groups in total. The molecule has 0 unspecified atom stereocenters. The quantitative estimate of drug-likeness (QED) is 0.642. The topological polar surface area (TPSA) is 82.2 Å². The third kappa shape index (κ3) is 2.62. The molecule has 1 amide bonds. The first-order valence-corrected chi connectivity index (χ1v) is 6.00. The molecular formula is C12H12N2O2S. The molecule has 1 aromatic carbocycles. The molecule has 0 saturated heterocycles. The van der Waals surface area contributed by atoms with E-state index in [-0.39, 0.29) is 0 Å². The van der Waals surface area contributed by atoms with Crippen LogP contribution in [0.3, 0.4) is 0 Å². The molecule has 2 rings (SSSR count). The minimum Gasteiger partial charge on any atom is -0.468 e. The second-order valence-corrected chi connectivity index (χ2v) is 4.47. The van der Waals surface area contributed by atoms with Crippen LogP contribution in [0.2, 0.25) is 0 Å². The van der Waals surface area contributed by atoms with E-state index in [0.717, 1.165) is 10.7 Å². The zero-order valence-corrected chi connectivity index (χ0v) is 9.87. The van der Waals surface area contributed by atoms with Crippen molar-refractivity contribution in [2.75, 3.05) is 5.73 Å². The van der Waals surface area contributed by atoms with Gasteiger partial charge in [0.05, 0.1) is 23.3 Å². The maximum Gasteiger partial charge on any atom is 0.250 e. The van der Waals surface area contributed by atoms with Crippen molar-refractivity contribution in [3.05, 3.63) is 47.9 Å². The first kappa shape index (κ1) is 11.6. The summed E-state index contributed by atoms with van der Waals surface area (Å²) in [5, 5.41) is 0. The van der Waals surface area contributed by atoms with Crippen molar-refractivity contribution in [3.63, 3.8) is 0 Å². The van der Waals surface area contributed by atoms with Crippen LogP contribution in [0.25, 0.3) is 0 Å². The lowest BCUT2D eigenvalue weighted by Crippen LogP contribution is -2.13. The number of furan rings is 1. The number of hydrogen-bond acceptors (Lipinski definition) is 4. The third-order valence-corrected chi connectivity index (χ3v) is 3.38. The Morgan fingerprint density at radius 3 is 2.76 bits per heavy atom. The average Bonchev–Trinajstić information content (AvgIpc) is 2.80. The summed E-state index contributed by atoms with van der Waals surface area (Å²) in [6.07, 6.45) is 1.62. The highest BCUT2D eigenvalue weighted by molar-refractivity contribution is 7.98. The van der Waals surface area contributed by atoms with Crippen molar-refractivity contribution in [2.24, 2.45) is 5.73 Å². The molecule has 0 bridgehead atoms. The summed E-state index contributed by atoms with van der Waals surface area (Å²) in [7, 11) is 0. The highest BCUT2D eigenvalue weighted by atomic mass is 32.2. The van der Waals surface area contributed by atoms with Crippen molar-refractivity contribution in [1.82, 2.24) is 0 Å². The van der Waals surface area contributed by atoms with Gasteiger partial charge < -0.3 is 15.9 Å². The summed E-state index contributed by atoms with van der Waals surface area (Å²) in [4.78, 5) is 12.0. The number of hydrogen-bond donors (Lipinski definition) is 2. The Bertz CT molecular complexity index is 523. The van der Waals surface area contributed by atoms with Crippen molar-refractivity contribution in [3.8, 4) is 0 Å². The van der Waals surface area contributed by atoms with Gasteiger partial charge in [-0.05, 0) is 24.3 Å². The standard InChI is InChI=1S/C12H12N2O2S/c13-11-9(12(14)15)4-1-5-10(11)17-7-8-3-2-6-16-8/h1-6H,7,13H2,(H2,14,15). The Labute approximate surface area is 103 Å². The normalized spacial score (nSPS) is 10.4. The van der Waals surface area contributed by atoms with Crippen LogP contribution in [0.15, 0.2) is 45.9 Å². The number of anilines is 1. The third-order valence-electron chi connectivity index (χ3n) is 2.28. The van der Waals surface area contributed by atoms with Crippen molar-refractivity contribution in [1.29, 1.82) is 0 Å². The molecule has 0 aliphatic carbocycles. The molecule has 0 aliphatic heterocycles. The van der Waals surface area contributed by atoms with E-state index in [1.807, 2.05) is 18.2 Å². The zero-order valence-electron chi connectivity index (χ0n) is 9.05. The smallest absolute Gasteiger partial charge is 0.250 e. The maximum atomic E-state index is 11.1. The Morgan fingerprint density at radius 1 is 1.29 bits per heavy atom. The highest BCUT2D eigenvalue weighted by Crippen LogP contribution is 2.30. The number of nitrogens with two attached hydrogens (primary N) is 2. The summed E-state index contributed by atoms with van der Waals surface area (Å²) in [6.45, 7) is 0. The number of rotatable bonds is 4. The van der Waals surface area contributed by atoms with Crippen LogP contribution < -0.4 is 11.5 Å². The van der Waals surface area contributed by atoms with Gasteiger partial charge in [0.25, 0.3) is 5.91 Å². The molecule has 0 radical (unpaired) electrons. The number of nitrogen functional groups attached to an aromatic ring is 1. The maximum absolute atomic E-state index is 11.1. The number of carbonyl (C=O) groups excluding carboxylic acids is 1. The Balaban J connectivity index is 2.16. The van der Waals surface area contributed by atoms with Crippen molar-refractivity contribution < 1.29 is 9.21 Å². The molecule has 5 heteroatoms. The molecule has 0 atom stereocenters. The van der Waals surface area contributed by atoms with Crippen LogP contribution in [-0.2, 0) is 5.75 Å². The van der Waals surface area contributed by atoms with Crippen molar-refractivity contribution >= 4 is 23.4 Å². The number of amides is 1. The number of primary amides is 1. The van der Waals surface area contributed by atoms with Gasteiger partial charge in [-0.1, -0.05) is 6.07 Å². The van der Waals surface area contributed by atoms with Gasteiger partial charge >= 0.3 is 0 Å². The lowest BCUT2D eigenvalue weighted by molar-refractivity contribution is 0.100. The van der Waals surface area contributed by atoms with Crippen LogP contribution in [0, 0.1) is 0 Å². The second-order valence-electron chi connectivity index (χ2n) is 3.45. The fourth-order valence-corrected chi connectivity index (χ4v) is 2.33. The summed E-state index contributed by atoms with van der Waals surface area (Å²) in [6, 6.07) is 8.96. The molecule has 2 aromatic rings. The van der Waals surface area contributed by atoms with E-state index in [1.165, 1.54) is 11.8 Å². The molecule has 0 spiro atoms. The van der Waals surface area contributed by atoms with E-state index >= 15 is 0 Å². The second kappa shape index (κ2) is 4.97. The minimum absolute atomic E-state index is 0.356. The molecular weight excluding hydrogens is 236 g/mol. The molecule has 4 nitrogen and oxygen atoms in total.